The van der Waals surface area contributed by atoms with Crippen molar-refractivity contribution in [3.05, 3.63) is 29.6 Å². The molecule has 0 radical (unpaired) electrons. The summed E-state index contributed by atoms with van der Waals surface area (Å²) in [4.78, 5) is 12.9. The maximum Gasteiger partial charge on any atom is 0.317 e. The average molecular weight is 238 g/mol. The van der Waals surface area contributed by atoms with E-state index < -0.39 is 0 Å². The summed E-state index contributed by atoms with van der Waals surface area (Å²) in [7, 11) is 0. The molecule has 17 heavy (non-hydrogen) atoms. The number of nitrogens with one attached hydrogen (secondary N) is 1. The highest BCUT2D eigenvalue weighted by Crippen LogP contribution is 2.19. The summed E-state index contributed by atoms with van der Waals surface area (Å²) >= 11 is 0. The fourth-order valence-corrected chi connectivity index (χ4v) is 1.72. The predicted octanol–water partition coefficient (Wildman–Crippen LogP) is 1.54. The van der Waals surface area contributed by atoms with Gasteiger partial charge in [0, 0.05) is 13.1 Å². The highest BCUT2D eigenvalue weighted by Gasteiger charge is 2.18. The zero-order valence-corrected chi connectivity index (χ0v) is 9.70. The summed E-state index contributed by atoms with van der Waals surface area (Å²) < 4.78 is 18.9. The van der Waals surface area contributed by atoms with Crippen LogP contribution in [0.5, 0.6) is 5.75 Å². The molecular weight excluding hydrogens is 223 g/mol. The van der Waals surface area contributed by atoms with Gasteiger partial charge in [0.15, 0.2) is 11.6 Å². The number of halogens is 1. The zero-order chi connectivity index (χ0) is 12.3. The van der Waals surface area contributed by atoms with Gasteiger partial charge in [-0.2, -0.15) is 0 Å². The molecule has 2 rings (SSSR count). The third-order valence-corrected chi connectivity index (χ3v) is 2.72. The van der Waals surface area contributed by atoms with Crippen LogP contribution in [-0.2, 0) is 0 Å². The van der Waals surface area contributed by atoms with Crippen LogP contribution in [0, 0.1) is 12.7 Å². The van der Waals surface area contributed by atoms with Crippen molar-refractivity contribution < 1.29 is 13.9 Å². The van der Waals surface area contributed by atoms with Crippen molar-refractivity contribution in [3.8, 4) is 5.75 Å². The lowest BCUT2D eigenvalue weighted by molar-refractivity contribution is 0.201. The minimum absolute atomic E-state index is 0.0849. The summed E-state index contributed by atoms with van der Waals surface area (Å²) in [6.45, 7) is 3.80. The smallest absolute Gasteiger partial charge is 0.317 e. The number of carbonyl (C=O) groups excluding carboxylic acids is 1. The minimum Gasteiger partial charge on any atom is -0.489 e. The number of aryl methyl sites for hydroxylation is 1. The summed E-state index contributed by atoms with van der Waals surface area (Å²) in [6, 6.07) is 4.94. The van der Waals surface area contributed by atoms with Crippen molar-refractivity contribution in [1.82, 2.24) is 10.2 Å². The SMILES string of the molecule is Cc1cccc(OCCN2CCNC2=O)c1F. The number of urea groups is 1. The Hall–Kier alpha value is -1.78. The topological polar surface area (TPSA) is 41.6 Å². The lowest BCUT2D eigenvalue weighted by atomic mass is 10.2. The lowest BCUT2D eigenvalue weighted by Crippen LogP contribution is -2.31. The number of benzene rings is 1. The highest BCUT2D eigenvalue weighted by atomic mass is 19.1. The Morgan fingerprint density at radius 2 is 2.35 bits per heavy atom. The van der Waals surface area contributed by atoms with E-state index in [1.54, 1.807) is 30.0 Å². The van der Waals surface area contributed by atoms with Crippen LogP contribution in [0.4, 0.5) is 9.18 Å². The van der Waals surface area contributed by atoms with E-state index in [1.807, 2.05) is 0 Å². The molecule has 2 amide bonds. The molecule has 1 heterocycles. The van der Waals surface area contributed by atoms with E-state index in [9.17, 15) is 9.18 Å². The molecule has 0 spiro atoms. The van der Waals surface area contributed by atoms with Crippen molar-refractivity contribution in [2.24, 2.45) is 0 Å². The highest BCUT2D eigenvalue weighted by molar-refractivity contribution is 5.76. The van der Waals surface area contributed by atoms with E-state index in [0.29, 0.717) is 31.8 Å². The second kappa shape index (κ2) is 5.03. The van der Waals surface area contributed by atoms with E-state index in [4.69, 9.17) is 4.74 Å². The van der Waals surface area contributed by atoms with Crippen molar-refractivity contribution in [1.29, 1.82) is 0 Å². The molecule has 1 N–H and O–H groups in total. The van der Waals surface area contributed by atoms with E-state index in [-0.39, 0.29) is 17.6 Å². The molecule has 0 aromatic heterocycles. The van der Waals surface area contributed by atoms with Gasteiger partial charge >= 0.3 is 6.03 Å². The lowest BCUT2D eigenvalue weighted by Gasteiger charge is -2.15. The van der Waals surface area contributed by atoms with Crippen molar-refractivity contribution >= 4 is 6.03 Å². The Bertz CT molecular complexity index is 423. The molecule has 0 unspecified atom stereocenters. The van der Waals surface area contributed by atoms with Crippen LogP contribution in [-0.4, -0.2) is 37.2 Å². The molecule has 1 aliphatic heterocycles. The average Bonchev–Trinajstić information content (AvgIpc) is 2.71. The van der Waals surface area contributed by atoms with Crippen molar-refractivity contribution in [3.63, 3.8) is 0 Å². The second-order valence-electron chi connectivity index (χ2n) is 3.95. The summed E-state index contributed by atoms with van der Waals surface area (Å²) in [6.07, 6.45) is 0. The van der Waals surface area contributed by atoms with Gasteiger partial charge in [-0.15, -0.1) is 0 Å². The van der Waals surface area contributed by atoms with Gasteiger partial charge in [-0.25, -0.2) is 9.18 Å². The molecular formula is C12H15FN2O2. The third kappa shape index (κ3) is 2.67. The largest absolute Gasteiger partial charge is 0.489 e. The number of ether oxygens (including phenoxy) is 1. The standard InChI is InChI=1S/C12H15FN2O2/c1-9-3-2-4-10(11(9)13)17-8-7-15-6-5-14-12(15)16/h2-4H,5-8H2,1H3,(H,14,16). The Labute approximate surface area is 99.4 Å². The van der Waals surface area contributed by atoms with Crippen LogP contribution in [0.2, 0.25) is 0 Å². The number of carbonyl (C=O) groups is 1. The molecule has 1 aromatic rings. The van der Waals surface area contributed by atoms with Gasteiger partial charge in [-0.1, -0.05) is 12.1 Å². The first-order valence-electron chi connectivity index (χ1n) is 5.59. The fraction of sp³-hybridized carbons (Fsp3) is 0.417. The van der Waals surface area contributed by atoms with E-state index in [2.05, 4.69) is 5.32 Å². The van der Waals surface area contributed by atoms with Gasteiger partial charge in [-0.3, -0.25) is 0 Å². The van der Waals surface area contributed by atoms with Crippen molar-refractivity contribution in [2.75, 3.05) is 26.2 Å². The number of hydrogen-bond donors (Lipinski definition) is 1. The number of hydrogen-bond acceptors (Lipinski definition) is 2. The Balaban J connectivity index is 1.86. The van der Waals surface area contributed by atoms with E-state index >= 15 is 0 Å². The zero-order valence-electron chi connectivity index (χ0n) is 9.70. The molecule has 5 heteroatoms. The van der Waals surface area contributed by atoms with Gasteiger partial charge < -0.3 is 15.0 Å². The minimum atomic E-state index is -0.335. The summed E-state index contributed by atoms with van der Waals surface area (Å²) in [5, 5.41) is 2.70. The molecule has 0 saturated carbocycles. The molecule has 1 aromatic carbocycles. The molecule has 4 nitrogen and oxygen atoms in total. The van der Waals surface area contributed by atoms with Crippen LogP contribution < -0.4 is 10.1 Å². The van der Waals surface area contributed by atoms with Gasteiger partial charge in [0.25, 0.3) is 0 Å². The number of amides is 2. The predicted molar refractivity (Wildman–Crippen MR) is 61.6 cm³/mol. The number of nitrogens with zero attached hydrogens (tertiary/aromatic N) is 1. The first-order chi connectivity index (χ1) is 8.18. The van der Waals surface area contributed by atoms with Crippen molar-refractivity contribution in [2.45, 2.75) is 6.92 Å². The van der Waals surface area contributed by atoms with Crippen LogP contribution in [0.1, 0.15) is 5.56 Å². The van der Waals surface area contributed by atoms with Crippen LogP contribution in [0.15, 0.2) is 18.2 Å². The molecule has 1 saturated heterocycles. The van der Waals surface area contributed by atoms with Gasteiger partial charge in [0.05, 0.1) is 6.54 Å². The van der Waals surface area contributed by atoms with Gasteiger partial charge in [0.2, 0.25) is 0 Å². The Morgan fingerprint density at radius 3 is 3.06 bits per heavy atom. The molecule has 92 valence electrons. The second-order valence-corrected chi connectivity index (χ2v) is 3.95. The van der Waals surface area contributed by atoms with E-state index in [0.717, 1.165) is 0 Å². The summed E-state index contributed by atoms with van der Waals surface area (Å²) in [5.74, 6) is -0.0945. The number of rotatable bonds is 4. The molecule has 0 atom stereocenters. The summed E-state index contributed by atoms with van der Waals surface area (Å²) in [5.41, 5.74) is 0.557. The first kappa shape index (κ1) is 11.7. The fourth-order valence-electron chi connectivity index (χ4n) is 1.72. The van der Waals surface area contributed by atoms with Crippen LogP contribution in [0.3, 0.4) is 0 Å². The molecule has 1 fully saturated rings. The Morgan fingerprint density at radius 1 is 1.53 bits per heavy atom. The molecule has 1 aliphatic rings. The molecule has 0 aliphatic carbocycles. The maximum absolute atomic E-state index is 13.6. The van der Waals surface area contributed by atoms with Crippen LogP contribution in [0.25, 0.3) is 0 Å². The van der Waals surface area contributed by atoms with E-state index in [1.165, 1.54) is 0 Å². The monoisotopic (exact) mass is 238 g/mol. The normalized spacial score (nSPS) is 14.9. The third-order valence-electron chi connectivity index (χ3n) is 2.72. The Kier molecular flexibility index (Phi) is 3.46. The quantitative estimate of drug-likeness (QED) is 0.864. The van der Waals surface area contributed by atoms with Gasteiger partial charge in [0.1, 0.15) is 6.61 Å². The molecule has 0 bridgehead atoms. The van der Waals surface area contributed by atoms with Crippen LogP contribution >= 0.6 is 0 Å². The maximum atomic E-state index is 13.6. The van der Waals surface area contributed by atoms with Gasteiger partial charge in [-0.05, 0) is 18.6 Å². The first-order valence-corrected chi connectivity index (χ1v) is 5.59.